The van der Waals surface area contributed by atoms with Crippen molar-refractivity contribution in [3.8, 4) is 28.4 Å². The summed E-state index contributed by atoms with van der Waals surface area (Å²) in [7, 11) is 0. The third kappa shape index (κ3) is 7.75. The lowest BCUT2D eigenvalue weighted by Crippen LogP contribution is -2.13. The Labute approximate surface area is 197 Å². The van der Waals surface area contributed by atoms with Crippen LogP contribution in [0, 0.1) is 0 Å². The van der Waals surface area contributed by atoms with E-state index in [-0.39, 0.29) is 12.9 Å². The van der Waals surface area contributed by atoms with Crippen molar-refractivity contribution in [2.75, 3.05) is 25.1 Å². The standard InChI is InChI=1S/C26H25NO7/c28-17-25(29)27-23-12-11-22(16-24(23)33-14-5-4-13-32-18-26(30)31)34-21-10-6-9-20(15-21)19-7-2-1-3-8-19/h1-3,6-12,15-17H,4-5,13-14,18H2,(H,27,29)(H,30,31). The molecule has 0 fully saturated rings. The molecular formula is C26H25NO7. The van der Waals surface area contributed by atoms with E-state index in [1.807, 2.05) is 54.6 Å². The first-order chi connectivity index (χ1) is 16.5. The van der Waals surface area contributed by atoms with Gasteiger partial charge in [0.1, 0.15) is 23.9 Å². The summed E-state index contributed by atoms with van der Waals surface area (Å²) >= 11 is 0. The lowest BCUT2D eigenvalue weighted by Gasteiger charge is -2.14. The van der Waals surface area contributed by atoms with Gasteiger partial charge >= 0.3 is 5.97 Å². The van der Waals surface area contributed by atoms with Gasteiger partial charge in [-0.1, -0.05) is 42.5 Å². The number of rotatable bonds is 13. The lowest BCUT2D eigenvalue weighted by atomic mass is 10.1. The summed E-state index contributed by atoms with van der Waals surface area (Å²) in [6, 6.07) is 22.5. The number of carbonyl (C=O) groups excluding carboxylic acids is 2. The number of hydrogen-bond donors (Lipinski definition) is 2. The van der Waals surface area contributed by atoms with Crippen molar-refractivity contribution < 1.29 is 33.7 Å². The second kappa shape index (κ2) is 12.8. The number of benzene rings is 3. The van der Waals surface area contributed by atoms with Crippen molar-refractivity contribution in [2.45, 2.75) is 12.8 Å². The minimum Gasteiger partial charge on any atom is -0.491 e. The van der Waals surface area contributed by atoms with Gasteiger partial charge in [-0.05, 0) is 48.2 Å². The van der Waals surface area contributed by atoms with E-state index in [1.54, 1.807) is 18.2 Å². The fourth-order valence-electron chi connectivity index (χ4n) is 3.10. The third-order valence-electron chi connectivity index (χ3n) is 4.66. The summed E-state index contributed by atoms with van der Waals surface area (Å²) in [5.41, 5.74) is 2.41. The molecule has 0 bridgehead atoms. The van der Waals surface area contributed by atoms with Crippen LogP contribution in [0.1, 0.15) is 12.8 Å². The summed E-state index contributed by atoms with van der Waals surface area (Å²) in [6.45, 7) is 0.256. The topological polar surface area (TPSA) is 111 Å². The maximum atomic E-state index is 11.6. The molecule has 0 aliphatic heterocycles. The maximum absolute atomic E-state index is 11.6. The van der Waals surface area contributed by atoms with Crippen molar-refractivity contribution in [3.05, 3.63) is 72.8 Å². The molecule has 0 aromatic heterocycles. The first kappa shape index (κ1) is 24.5. The molecule has 0 aliphatic carbocycles. The Morgan fingerprint density at radius 3 is 2.35 bits per heavy atom. The summed E-state index contributed by atoms with van der Waals surface area (Å²) in [6.07, 6.45) is 1.39. The number of amides is 1. The van der Waals surface area contributed by atoms with Crippen molar-refractivity contribution in [1.29, 1.82) is 0 Å². The zero-order valence-corrected chi connectivity index (χ0v) is 18.4. The fourth-order valence-corrected chi connectivity index (χ4v) is 3.10. The molecule has 34 heavy (non-hydrogen) atoms. The van der Waals surface area contributed by atoms with Crippen molar-refractivity contribution in [3.63, 3.8) is 0 Å². The molecule has 0 atom stereocenters. The molecule has 0 radical (unpaired) electrons. The van der Waals surface area contributed by atoms with Crippen LogP contribution in [0.3, 0.4) is 0 Å². The Kier molecular flexibility index (Phi) is 9.19. The second-order valence-corrected chi connectivity index (χ2v) is 7.26. The molecule has 8 heteroatoms. The number of ether oxygens (including phenoxy) is 3. The number of unbranched alkanes of at least 4 members (excludes halogenated alkanes) is 1. The fraction of sp³-hybridized carbons (Fsp3) is 0.192. The second-order valence-electron chi connectivity index (χ2n) is 7.26. The van der Waals surface area contributed by atoms with E-state index < -0.39 is 11.9 Å². The first-order valence-electron chi connectivity index (χ1n) is 10.7. The Bertz CT molecular complexity index is 1120. The van der Waals surface area contributed by atoms with E-state index in [9.17, 15) is 14.4 Å². The average molecular weight is 463 g/mol. The predicted octanol–water partition coefficient (Wildman–Crippen LogP) is 4.54. The van der Waals surface area contributed by atoms with Gasteiger partial charge in [0.2, 0.25) is 6.29 Å². The van der Waals surface area contributed by atoms with E-state index in [2.05, 4.69) is 5.32 Å². The van der Waals surface area contributed by atoms with Gasteiger partial charge in [0.05, 0.1) is 12.3 Å². The Morgan fingerprint density at radius 1 is 0.853 bits per heavy atom. The predicted molar refractivity (Wildman–Crippen MR) is 126 cm³/mol. The van der Waals surface area contributed by atoms with Crippen molar-refractivity contribution >= 4 is 23.9 Å². The number of hydrogen-bond acceptors (Lipinski definition) is 6. The number of aldehydes is 1. The molecule has 0 unspecified atom stereocenters. The van der Waals surface area contributed by atoms with Gasteiger partial charge in [-0.25, -0.2) is 4.79 Å². The zero-order chi connectivity index (χ0) is 24.2. The molecule has 1 amide bonds. The smallest absolute Gasteiger partial charge is 0.329 e. The highest BCUT2D eigenvalue weighted by molar-refractivity contribution is 6.29. The SMILES string of the molecule is O=CC(=O)Nc1ccc(Oc2cccc(-c3ccccc3)c2)cc1OCCCCOCC(=O)O. The number of aliphatic carboxylic acids is 1. The van der Waals surface area contributed by atoms with Crippen LogP contribution in [0.5, 0.6) is 17.2 Å². The quantitative estimate of drug-likeness (QED) is 0.217. The van der Waals surface area contributed by atoms with Gasteiger partial charge in [-0.15, -0.1) is 0 Å². The van der Waals surface area contributed by atoms with E-state index in [1.165, 1.54) is 0 Å². The van der Waals surface area contributed by atoms with Gasteiger partial charge in [-0.3, -0.25) is 9.59 Å². The molecule has 0 heterocycles. The van der Waals surface area contributed by atoms with Gasteiger partial charge in [-0.2, -0.15) is 0 Å². The van der Waals surface area contributed by atoms with Gasteiger partial charge in [0.25, 0.3) is 5.91 Å². The van der Waals surface area contributed by atoms with Gasteiger partial charge < -0.3 is 24.6 Å². The van der Waals surface area contributed by atoms with Crippen LogP contribution in [0.15, 0.2) is 72.8 Å². The largest absolute Gasteiger partial charge is 0.491 e. The maximum Gasteiger partial charge on any atom is 0.329 e. The van der Waals surface area contributed by atoms with Crippen LogP contribution in [0.2, 0.25) is 0 Å². The summed E-state index contributed by atoms with van der Waals surface area (Å²) in [5, 5.41) is 11.0. The van der Waals surface area contributed by atoms with Crippen LogP contribution in [0.4, 0.5) is 5.69 Å². The molecule has 2 N–H and O–H groups in total. The summed E-state index contributed by atoms with van der Waals surface area (Å²) in [4.78, 5) is 32.8. The van der Waals surface area contributed by atoms with Crippen LogP contribution < -0.4 is 14.8 Å². The highest BCUT2D eigenvalue weighted by atomic mass is 16.5. The molecule has 0 saturated carbocycles. The number of carboxylic acid groups (broad SMARTS) is 1. The molecular weight excluding hydrogens is 438 g/mol. The molecule has 8 nitrogen and oxygen atoms in total. The van der Waals surface area contributed by atoms with Crippen LogP contribution in [-0.4, -0.2) is 43.1 Å². The van der Waals surface area contributed by atoms with Crippen molar-refractivity contribution in [2.24, 2.45) is 0 Å². The molecule has 3 aromatic carbocycles. The summed E-state index contributed by atoms with van der Waals surface area (Å²) < 4.78 is 16.8. The Balaban J connectivity index is 1.67. The average Bonchev–Trinajstić information content (AvgIpc) is 2.85. The normalized spacial score (nSPS) is 10.4. The Hall–Kier alpha value is -4.17. The van der Waals surface area contributed by atoms with E-state index in [4.69, 9.17) is 19.3 Å². The van der Waals surface area contributed by atoms with E-state index in [0.29, 0.717) is 49.0 Å². The molecule has 0 saturated heterocycles. The molecule has 3 rings (SSSR count). The van der Waals surface area contributed by atoms with Gasteiger partial charge in [0.15, 0.2) is 0 Å². The van der Waals surface area contributed by atoms with Crippen LogP contribution >= 0.6 is 0 Å². The first-order valence-corrected chi connectivity index (χ1v) is 10.7. The molecule has 0 aliphatic rings. The van der Waals surface area contributed by atoms with Gasteiger partial charge in [0, 0.05) is 12.7 Å². The lowest BCUT2D eigenvalue weighted by molar-refractivity contribution is -0.142. The van der Waals surface area contributed by atoms with E-state index in [0.717, 1.165) is 11.1 Å². The highest BCUT2D eigenvalue weighted by Gasteiger charge is 2.11. The molecule has 176 valence electrons. The van der Waals surface area contributed by atoms with Crippen LogP contribution in [-0.2, 0) is 19.1 Å². The Morgan fingerprint density at radius 2 is 1.59 bits per heavy atom. The number of carboxylic acids is 1. The number of carbonyl (C=O) groups is 3. The molecule has 0 spiro atoms. The number of anilines is 1. The number of nitrogens with one attached hydrogen (secondary N) is 1. The minimum atomic E-state index is -1.02. The van der Waals surface area contributed by atoms with E-state index >= 15 is 0 Å². The zero-order valence-electron chi connectivity index (χ0n) is 18.4. The van der Waals surface area contributed by atoms with Crippen LogP contribution in [0.25, 0.3) is 11.1 Å². The monoisotopic (exact) mass is 463 g/mol. The third-order valence-corrected chi connectivity index (χ3v) is 4.66. The molecule has 3 aromatic rings. The minimum absolute atomic E-state index is 0.184. The summed E-state index contributed by atoms with van der Waals surface area (Å²) in [5.74, 6) is -0.339. The van der Waals surface area contributed by atoms with Crippen molar-refractivity contribution in [1.82, 2.24) is 0 Å². The highest BCUT2D eigenvalue weighted by Crippen LogP contribution is 2.33.